The maximum absolute atomic E-state index is 11.0. The molecule has 1 fully saturated rings. The van der Waals surface area contributed by atoms with E-state index in [2.05, 4.69) is 32.9 Å². The van der Waals surface area contributed by atoms with Crippen LogP contribution in [0.25, 0.3) is 5.57 Å². The number of aliphatic carboxylic acids is 1. The van der Waals surface area contributed by atoms with Crippen LogP contribution in [0.5, 0.6) is 0 Å². The predicted octanol–water partition coefficient (Wildman–Crippen LogP) is 3.88. The average molecular weight is 244 g/mol. The van der Waals surface area contributed by atoms with E-state index in [-0.39, 0.29) is 0 Å². The van der Waals surface area contributed by atoms with Gasteiger partial charge in [0.1, 0.15) is 0 Å². The molecule has 0 spiro atoms. The van der Waals surface area contributed by atoms with Crippen LogP contribution in [0, 0.1) is 26.7 Å². The van der Waals surface area contributed by atoms with E-state index in [9.17, 15) is 4.79 Å². The van der Waals surface area contributed by atoms with Crippen LogP contribution in [0.3, 0.4) is 0 Å². The monoisotopic (exact) mass is 244 g/mol. The van der Waals surface area contributed by atoms with E-state index in [1.54, 1.807) is 0 Å². The average Bonchev–Trinajstić information content (AvgIpc) is 2.19. The van der Waals surface area contributed by atoms with Crippen LogP contribution in [-0.2, 0) is 4.79 Å². The van der Waals surface area contributed by atoms with Gasteiger partial charge in [-0.1, -0.05) is 18.6 Å². The molecule has 1 aromatic carbocycles. The lowest BCUT2D eigenvalue weighted by atomic mass is 9.75. The van der Waals surface area contributed by atoms with Crippen LogP contribution >= 0.6 is 0 Å². The summed E-state index contributed by atoms with van der Waals surface area (Å²) in [5.74, 6) is -0.406. The van der Waals surface area contributed by atoms with Gasteiger partial charge in [0.2, 0.25) is 0 Å². The quantitative estimate of drug-likeness (QED) is 0.819. The first kappa shape index (κ1) is 12.9. The molecule has 96 valence electrons. The molecule has 2 nitrogen and oxygen atoms in total. The van der Waals surface area contributed by atoms with E-state index in [0.29, 0.717) is 5.92 Å². The van der Waals surface area contributed by atoms with Crippen LogP contribution in [0.2, 0.25) is 0 Å². The number of hydrogen-bond donors (Lipinski definition) is 1. The molecular formula is C16H20O2. The molecule has 2 heteroatoms. The Bertz CT molecular complexity index is 508. The van der Waals surface area contributed by atoms with Crippen molar-refractivity contribution in [3.05, 3.63) is 40.5 Å². The Morgan fingerprint density at radius 3 is 2.28 bits per heavy atom. The number of aryl methyl sites for hydroxylation is 3. The molecule has 2 rings (SSSR count). The van der Waals surface area contributed by atoms with Crippen LogP contribution in [0.4, 0.5) is 0 Å². The Kier molecular flexibility index (Phi) is 3.55. The fraction of sp³-hybridized carbons (Fsp3) is 0.438. The number of allylic oxidation sites excluding steroid dienone is 1. The maximum atomic E-state index is 11.0. The summed E-state index contributed by atoms with van der Waals surface area (Å²) in [5.41, 5.74) is 5.79. The summed E-state index contributed by atoms with van der Waals surface area (Å²) in [4.78, 5) is 11.0. The topological polar surface area (TPSA) is 37.3 Å². The lowest BCUT2D eigenvalue weighted by molar-refractivity contribution is -0.131. The van der Waals surface area contributed by atoms with Crippen LogP contribution in [0.1, 0.15) is 41.5 Å². The third-order valence-corrected chi connectivity index (χ3v) is 3.98. The van der Waals surface area contributed by atoms with Crippen molar-refractivity contribution in [3.8, 4) is 0 Å². The highest BCUT2D eigenvalue weighted by atomic mass is 16.4. The standard InChI is InChI=1S/C16H20O2/c1-10-7-12(3)14(8-11(10)2)15(9-16(17)18)13-5-4-6-13/h7-9,13H,4-6H2,1-3H3,(H,17,18)/b15-9+. The van der Waals surface area contributed by atoms with E-state index < -0.39 is 5.97 Å². The van der Waals surface area contributed by atoms with Crippen molar-refractivity contribution in [3.63, 3.8) is 0 Å². The van der Waals surface area contributed by atoms with Crippen molar-refractivity contribution in [2.75, 3.05) is 0 Å². The molecule has 1 aliphatic rings. The lowest BCUT2D eigenvalue weighted by Crippen LogP contribution is -2.15. The van der Waals surface area contributed by atoms with Gasteiger partial charge in [-0.15, -0.1) is 0 Å². The lowest BCUT2D eigenvalue weighted by Gasteiger charge is -2.29. The molecule has 0 amide bonds. The Morgan fingerprint density at radius 1 is 1.17 bits per heavy atom. The van der Waals surface area contributed by atoms with Crippen molar-refractivity contribution < 1.29 is 9.90 Å². The van der Waals surface area contributed by atoms with Crippen LogP contribution < -0.4 is 0 Å². The van der Waals surface area contributed by atoms with Crippen molar-refractivity contribution in [1.82, 2.24) is 0 Å². The van der Waals surface area contributed by atoms with Crippen molar-refractivity contribution in [1.29, 1.82) is 0 Å². The molecule has 1 saturated carbocycles. The molecule has 1 aliphatic carbocycles. The second-order valence-corrected chi connectivity index (χ2v) is 5.32. The van der Waals surface area contributed by atoms with E-state index in [4.69, 9.17) is 5.11 Å². The first-order valence-corrected chi connectivity index (χ1v) is 6.51. The van der Waals surface area contributed by atoms with Crippen LogP contribution in [-0.4, -0.2) is 11.1 Å². The summed E-state index contributed by atoms with van der Waals surface area (Å²) < 4.78 is 0. The molecule has 0 aliphatic heterocycles. The van der Waals surface area contributed by atoms with Gasteiger partial charge in [0.05, 0.1) is 0 Å². The largest absolute Gasteiger partial charge is 0.478 e. The summed E-state index contributed by atoms with van der Waals surface area (Å²) in [6.07, 6.45) is 4.85. The van der Waals surface area contributed by atoms with Gasteiger partial charge in [0.15, 0.2) is 0 Å². The number of benzene rings is 1. The molecule has 0 saturated heterocycles. The van der Waals surface area contributed by atoms with E-state index >= 15 is 0 Å². The Balaban J connectivity index is 2.48. The Hall–Kier alpha value is -1.57. The zero-order valence-electron chi connectivity index (χ0n) is 11.3. The summed E-state index contributed by atoms with van der Waals surface area (Å²) >= 11 is 0. The zero-order chi connectivity index (χ0) is 13.3. The molecule has 0 heterocycles. The van der Waals surface area contributed by atoms with Crippen LogP contribution in [0.15, 0.2) is 18.2 Å². The number of rotatable bonds is 3. The van der Waals surface area contributed by atoms with Gasteiger partial charge in [-0.25, -0.2) is 4.79 Å². The molecule has 1 N–H and O–H groups in total. The molecule has 0 unspecified atom stereocenters. The van der Waals surface area contributed by atoms with Gasteiger partial charge in [-0.3, -0.25) is 0 Å². The highest BCUT2D eigenvalue weighted by Crippen LogP contribution is 2.40. The molecule has 0 radical (unpaired) electrons. The van der Waals surface area contributed by atoms with Gasteiger partial charge in [-0.05, 0) is 67.4 Å². The molecule has 0 aromatic heterocycles. The minimum Gasteiger partial charge on any atom is -0.478 e. The first-order valence-electron chi connectivity index (χ1n) is 6.51. The summed E-state index contributed by atoms with van der Waals surface area (Å²) in [6, 6.07) is 4.29. The number of hydrogen-bond acceptors (Lipinski definition) is 1. The minimum atomic E-state index is -0.838. The zero-order valence-corrected chi connectivity index (χ0v) is 11.3. The third kappa shape index (κ3) is 2.47. The van der Waals surface area contributed by atoms with Gasteiger partial charge >= 0.3 is 5.97 Å². The fourth-order valence-corrected chi connectivity index (χ4v) is 2.54. The summed E-state index contributed by atoms with van der Waals surface area (Å²) in [7, 11) is 0. The Labute approximate surface area is 108 Å². The maximum Gasteiger partial charge on any atom is 0.328 e. The summed E-state index contributed by atoms with van der Waals surface area (Å²) in [6.45, 7) is 6.24. The van der Waals surface area contributed by atoms with E-state index in [1.165, 1.54) is 29.2 Å². The number of carbonyl (C=O) groups is 1. The smallest absolute Gasteiger partial charge is 0.328 e. The number of carboxylic acid groups (broad SMARTS) is 1. The van der Waals surface area contributed by atoms with Crippen molar-refractivity contribution >= 4 is 11.5 Å². The minimum absolute atomic E-state index is 0.432. The Morgan fingerprint density at radius 2 is 1.78 bits per heavy atom. The second kappa shape index (κ2) is 4.97. The van der Waals surface area contributed by atoms with E-state index in [1.807, 2.05) is 0 Å². The van der Waals surface area contributed by atoms with Gasteiger partial charge in [0, 0.05) is 6.08 Å². The SMILES string of the molecule is Cc1cc(C)c(/C(=C/C(=O)O)C2CCC2)cc1C. The van der Waals surface area contributed by atoms with Gasteiger partial charge < -0.3 is 5.11 Å². The van der Waals surface area contributed by atoms with Gasteiger partial charge in [0.25, 0.3) is 0 Å². The van der Waals surface area contributed by atoms with Gasteiger partial charge in [-0.2, -0.15) is 0 Å². The van der Waals surface area contributed by atoms with Crippen molar-refractivity contribution in [2.24, 2.45) is 5.92 Å². The highest BCUT2D eigenvalue weighted by molar-refractivity contribution is 5.91. The van der Waals surface area contributed by atoms with Crippen molar-refractivity contribution in [2.45, 2.75) is 40.0 Å². The highest BCUT2D eigenvalue weighted by Gasteiger charge is 2.24. The van der Waals surface area contributed by atoms with E-state index in [0.717, 1.165) is 24.0 Å². The normalized spacial score (nSPS) is 16.5. The molecular weight excluding hydrogens is 224 g/mol. The third-order valence-electron chi connectivity index (χ3n) is 3.98. The summed E-state index contributed by atoms with van der Waals surface area (Å²) in [5, 5.41) is 9.05. The predicted molar refractivity (Wildman–Crippen MR) is 73.6 cm³/mol. The molecule has 18 heavy (non-hydrogen) atoms. The molecule has 0 bridgehead atoms. The first-order chi connectivity index (χ1) is 8.49. The fourth-order valence-electron chi connectivity index (χ4n) is 2.54. The second-order valence-electron chi connectivity index (χ2n) is 5.32. The molecule has 0 atom stereocenters. The molecule has 1 aromatic rings. The number of carboxylic acids is 1.